The number of fused-ring (bicyclic) bond motifs is 1. The summed E-state index contributed by atoms with van der Waals surface area (Å²) < 4.78 is 10.7. The van der Waals surface area contributed by atoms with Crippen molar-refractivity contribution in [2.45, 2.75) is 19.8 Å². The summed E-state index contributed by atoms with van der Waals surface area (Å²) in [5.41, 5.74) is 7.26. The number of benzene rings is 1. The number of hydrogen-bond donors (Lipinski definition) is 1. The third kappa shape index (κ3) is 1.53. The smallest absolute Gasteiger partial charge is 0.231 e. The van der Waals surface area contributed by atoms with Crippen LogP contribution in [0.1, 0.15) is 25.3 Å². The quantitative estimate of drug-likeness (QED) is 0.882. The summed E-state index contributed by atoms with van der Waals surface area (Å²) in [7, 11) is 0. The first-order chi connectivity index (χ1) is 8.05. The lowest BCUT2D eigenvalue weighted by Gasteiger charge is -2.06. The first kappa shape index (κ1) is 11.2. The Morgan fingerprint density at radius 2 is 2.18 bits per heavy atom. The van der Waals surface area contributed by atoms with Gasteiger partial charge >= 0.3 is 0 Å². The molecule has 0 saturated heterocycles. The molecule has 1 saturated carbocycles. The fourth-order valence-corrected chi connectivity index (χ4v) is 3.29. The first-order valence-electron chi connectivity index (χ1n) is 5.85. The van der Waals surface area contributed by atoms with Crippen LogP contribution in [0.2, 0.25) is 5.02 Å². The van der Waals surface area contributed by atoms with E-state index in [0.29, 0.717) is 29.2 Å². The van der Waals surface area contributed by atoms with Gasteiger partial charge in [0.25, 0.3) is 0 Å². The largest absolute Gasteiger partial charge is 0.454 e. The van der Waals surface area contributed by atoms with Gasteiger partial charge in [-0.15, -0.1) is 0 Å². The molecule has 2 atom stereocenters. The Labute approximate surface area is 106 Å². The van der Waals surface area contributed by atoms with Crippen LogP contribution < -0.4 is 15.2 Å². The third-order valence-corrected chi connectivity index (χ3v) is 4.39. The predicted molar refractivity (Wildman–Crippen MR) is 66.6 cm³/mol. The summed E-state index contributed by atoms with van der Waals surface area (Å²) in [6, 6.07) is 4.02. The molecule has 4 heteroatoms. The van der Waals surface area contributed by atoms with Gasteiger partial charge in [0, 0.05) is 0 Å². The van der Waals surface area contributed by atoms with Gasteiger partial charge in [0.2, 0.25) is 6.79 Å². The molecule has 0 spiro atoms. The van der Waals surface area contributed by atoms with Crippen LogP contribution in [0.25, 0.3) is 0 Å². The summed E-state index contributed by atoms with van der Waals surface area (Å²) in [5.74, 6) is 2.42. The molecule has 1 heterocycles. The zero-order valence-corrected chi connectivity index (χ0v) is 10.8. The average molecular weight is 254 g/mol. The van der Waals surface area contributed by atoms with Crippen molar-refractivity contribution in [3.8, 4) is 11.5 Å². The van der Waals surface area contributed by atoms with Crippen molar-refractivity contribution in [1.29, 1.82) is 0 Å². The van der Waals surface area contributed by atoms with E-state index in [1.54, 1.807) is 0 Å². The van der Waals surface area contributed by atoms with Gasteiger partial charge in [0.1, 0.15) is 0 Å². The van der Waals surface area contributed by atoms with Crippen LogP contribution in [-0.4, -0.2) is 13.3 Å². The Balaban J connectivity index is 1.98. The van der Waals surface area contributed by atoms with Gasteiger partial charge in [-0.25, -0.2) is 0 Å². The van der Waals surface area contributed by atoms with Crippen LogP contribution in [0.15, 0.2) is 12.1 Å². The van der Waals surface area contributed by atoms with Gasteiger partial charge in [-0.05, 0) is 41.5 Å². The molecule has 1 aliphatic carbocycles. The highest BCUT2D eigenvalue weighted by Crippen LogP contribution is 2.64. The molecular weight excluding hydrogens is 238 g/mol. The highest BCUT2D eigenvalue weighted by atomic mass is 35.5. The highest BCUT2D eigenvalue weighted by molar-refractivity contribution is 6.32. The normalized spacial score (nSPS) is 28.2. The van der Waals surface area contributed by atoms with Crippen LogP contribution in [0.3, 0.4) is 0 Å². The standard InChI is InChI=1S/C13H16ClNO2/c1-13(2)8(5-15)11(13)7-3-9(14)12-10(4-7)16-6-17-12/h3-4,8,11H,5-6,15H2,1-2H3. The van der Waals surface area contributed by atoms with Crippen molar-refractivity contribution >= 4 is 11.6 Å². The molecule has 2 aliphatic rings. The van der Waals surface area contributed by atoms with Crippen LogP contribution in [0, 0.1) is 11.3 Å². The first-order valence-corrected chi connectivity index (χ1v) is 6.22. The van der Waals surface area contributed by atoms with E-state index in [4.69, 9.17) is 26.8 Å². The minimum absolute atomic E-state index is 0.256. The van der Waals surface area contributed by atoms with Crippen molar-refractivity contribution in [3.05, 3.63) is 22.7 Å². The molecule has 1 aromatic rings. The second-order valence-corrected chi connectivity index (χ2v) is 5.78. The maximum Gasteiger partial charge on any atom is 0.231 e. The molecule has 0 aromatic heterocycles. The molecule has 0 bridgehead atoms. The van der Waals surface area contributed by atoms with E-state index < -0.39 is 0 Å². The van der Waals surface area contributed by atoms with Crippen molar-refractivity contribution in [1.82, 2.24) is 0 Å². The molecule has 0 amide bonds. The topological polar surface area (TPSA) is 44.5 Å². The molecule has 2 N–H and O–H groups in total. The maximum absolute atomic E-state index is 6.19. The number of hydrogen-bond acceptors (Lipinski definition) is 3. The Bertz CT molecular complexity index is 473. The zero-order valence-electron chi connectivity index (χ0n) is 10.00. The maximum atomic E-state index is 6.19. The van der Waals surface area contributed by atoms with Crippen LogP contribution in [-0.2, 0) is 0 Å². The molecule has 17 heavy (non-hydrogen) atoms. The predicted octanol–water partition coefficient (Wildman–Crippen LogP) is 2.77. The second kappa shape index (κ2) is 3.53. The van der Waals surface area contributed by atoms with E-state index >= 15 is 0 Å². The number of nitrogens with two attached hydrogens (primary N) is 1. The van der Waals surface area contributed by atoms with Crippen molar-refractivity contribution in [2.75, 3.05) is 13.3 Å². The molecule has 1 aliphatic heterocycles. The molecule has 92 valence electrons. The molecule has 0 radical (unpaired) electrons. The summed E-state index contributed by atoms with van der Waals surface area (Å²) >= 11 is 6.19. The second-order valence-electron chi connectivity index (χ2n) is 5.38. The van der Waals surface area contributed by atoms with Crippen LogP contribution in [0.5, 0.6) is 11.5 Å². The van der Waals surface area contributed by atoms with E-state index in [9.17, 15) is 0 Å². The van der Waals surface area contributed by atoms with Gasteiger partial charge in [0.15, 0.2) is 11.5 Å². The molecule has 1 fully saturated rings. The molecule has 3 nitrogen and oxygen atoms in total. The lowest BCUT2D eigenvalue weighted by molar-refractivity contribution is 0.174. The van der Waals surface area contributed by atoms with Crippen molar-refractivity contribution in [2.24, 2.45) is 17.1 Å². The number of halogens is 1. The van der Waals surface area contributed by atoms with Crippen LogP contribution >= 0.6 is 11.6 Å². The Morgan fingerprint density at radius 3 is 2.82 bits per heavy atom. The van der Waals surface area contributed by atoms with E-state index in [1.807, 2.05) is 12.1 Å². The van der Waals surface area contributed by atoms with Crippen molar-refractivity contribution < 1.29 is 9.47 Å². The minimum Gasteiger partial charge on any atom is -0.454 e. The summed E-state index contributed by atoms with van der Waals surface area (Å²) in [6.07, 6.45) is 0. The van der Waals surface area contributed by atoms with Gasteiger partial charge in [-0.2, -0.15) is 0 Å². The number of ether oxygens (including phenoxy) is 2. The fraction of sp³-hybridized carbons (Fsp3) is 0.538. The molecule has 1 aromatic carbocycles. The van der Waals surface area contributed by atoms with Gasteiger partial charge in [-0.1, -0.05) is 25.4 Å². The van der Waals surface area contributed by atoms with E-state index in [0.717, 1.165) is 5.75 Å². The lowest BCUT2D eigenvalue weighted by atomic mass is 10.0. The third-order valence-electron chi connectivity index (χ3n) is 4.11. The average Bonchev–Trinajstić information content (AvgIpc) is 2.63. The Hall–Kier alpha value is -0.930. The lowest BCUT2D eigenvalue weighted by Crippen LogP contribution is -2.05. The Morgan fingerprint density at radius 1 is 1.41 bits per heavy atom. The molecule has 2 unspecified atom stereocenters. The van der Waals surface area contributed by atoms with E-state index in [2.05, 4.69) is 13.8 Å². The SMILES string of the molecule is CC1(C)C(CN)C1c1cc(Cl)c2c(c1)OCO2. The molecule has 3 rings (SSSR count). The fourth-order valence-electron chi connectivity index (χ4n) is 3.01. The monoisotopic (exact) mass is 253 g/mol. The van der Waals surface area contributed by atoms with Gasteiger partial charge in [0.05, 0.1) is 5.02 Å². The van der Waals surface area contributed by atoms with Gasteiger partial charge < -0.3 is 15.2 Å². The summed E-state index contributed by atoms with van der Waals surface area (Å²) in [5, 5.41) is 0.633. The van der Waals surface area contributed by atoms with Crippen LogP contribution in [0.4, 0.5) is 0 Å². The van der Waals surface area contributed by atoms with Crippen molar-refractivity contribution in [3.63, 3.8) is 0 Å². The number of rotatable bonds is 2. The summed E-state index contributed by atoms with van der Waals surface area (Å²) in [6.45, 7) is 5.46. The van der Waals surface area contributed by atoms with Gasteiger partial charge in [-0.3, -0.25) is 0 Å². The van der Waals surface area contributed by atoms with E-state index in [1.165, 1.54) is 5.56 Å². The Kier molecular flexibility index (Phi) is 2.32. The zero-order chi connectivity index (χ0) is 12.2. The van der Waals surface area contributed by atoms with E-state index in [-0.39, 0.29) is 12.2 Å². The minimum atomic E-state index is 0.256. The summed E-state index contributed by atoms with van der Waals surface area (Å²) in [4.78, 5) is 0. The molecular formula is C13H16ClNO2. The highest BCUT2D eigenvalue weighted by Gasteiger charge is 2.57.